The van der Waals surface area contributed by atoms with E-state index in [2.05, 4.69) is 13.2 Å². The first-order valence-corrected chi connectivity index (χ1v) is 5.16. The summed E-state index contributed by atoms with van der Waals surface area (Å²) in [6, 6.07) is 9.42. The molecule has 2 nitrogen and oxygen atoms in total. The molecule has 1 atom stereocenters. The van der Waals surface area contributed by atoms with Crippen molar-refractivity contribution >= 4 is 6.29 Å². The molecule has 0 N–H and O–H groups in total. The average molecular weight is 216 g/mol. The highest BCUT2D eigenvalue weighted by atomic mass is 16.5. The fourth-order valence-electron chi connectivity index (χ4n) is 1.55. The number of aldehydes is 1. The normalized spacial score (nSPS) is 13.8. The molecule has 1 aromatic rings. The molecule has 0 heterocycles. The second-order valence-electron chi connectivity index (χ2n) is 3.47. The van der Waals surface area contributed by atoms with Crippen molar-refractivity contribution in [2.45, 2.75) is 12.0 Å². The van der Waals surface area contributed by atoms with Crippen molar-refractivity contribution in [1.82, 2.24) is 0 Å². The Morgan fingerprint density at radius 3 is 2.38 bits per heavy atom. The summed E-state index contributed by atoms with van der Waals surface area (Å²) in [5.74, 6) is 0. The maximum absolute atomic E-state index is 11.3. The molecule has 0 spiro atoms. The van der Waals surface area contributed by atoms with Crippen molar-refractivity contribution in [3.05, 3.63) is 61.2 Å². The summed E-state index contributed by atoms with van der Waals surface area (Å²) in [5.41, 5.74) is -0.0937. The molecule has 0 aromatic heterocycles. The Labute approximate surface area is 96.2 Å². The molecule has 0 saturated carbocycles. The van der Waals surface area contributed by atoms with Crippen LogP contribution in [0.15, 0.2) is 55.6 Å². The minimum absolute atomic E-state index is 0.335. The van der Waals surface area contributed by atoms with Gasteiger partial charge in [-0.1, -0.05) is 42.5 Å². The Kier molecular flexibility index (Phi) is 4.67. The van der Waals surface area contributed by atoms with Crippen LogP contribution in [0.3, 0.4) is 0 Å². The highest BCUT2D eigenvalue weighted by molar-refractivity contribution is 5.66. The third-order valence-electron chi connectivity index (χ3n) is 2.36. The van der Waals surface area contributed by atoms with Gasteiger partial charge in [0.25, 0.3) is 0 Å². The first kappa shape index (κ1) is 12.4. The highest BCUT2D eigenvalue weighted by Gasteiger charge is 2.31. The Bertz CT molecular complexity index is 356. The second-order valence-corrected chi connectivity index (χ2v) is 3.47. The van der Waals surface area contributed by atoms with E-state index in [1.165, 1.54) is 0 Å². The zero-order valence-corrected chi connectivity index (χ0v) is 9.26. The van der Waals surface area contributed by atoms with Gasteiger partial charge in [0.05, 0.1) is 6.61 Å². The Morgan fingerprint density at radius 2 is 1.88 bits per heavy atom. The van der Waals surface area contributed by atoms with Crippen molar-refractivity contribution in [2.24, 2.45) is 0 Å². The molecule has 0 aliphatic rings. The lowest BCUT2D eigenvalue weighted by Crippen LogP contribution is -2.31. The summed E-state index contributed by atoms with van der Waals surface area (Å²) in [5, 5.41) is 0. The average Bonchev–Trinajstić information content (AvgIpc) is 2.36. The predicted octanol–water partition coefficient (Wildman–Crippen LogP) is 2.86. The molecular weight excluding hydrogens is 200 g/mol. The van der Waals surface area contributed by atoms with E-state index in [0.717, 1.165) is 11.8 Å². The van der Waals surface area contributed by atoms with Gasteiger partial charge in [0.1, 0.15) is 0 Å². The van der Waals surface area contributed by atoms with Crippen LogP contribution in [0.1, 0.15) is 12.0 Å². The largest absolute Gasteiger partial charge is 0.358 e. The zero-order chi connectivity index (χ0) is 11.9. The van der Waals surface area contributed by atoms with E-state index in [9.17, 15) is 4.79 Å². The van der Waals surface area contributed by atoms with Crippen molar-refractivity contribution in [1.29, 1.82) is 0 Å². The first-order valence-electron chi connectivity index (χ1n) is 5.16. The molecular formula is C14H16O2. The van der Waals surface area contributed by atoms with E-state index in [1.54, 1.807) is 12.2 Å². The standard InChI is InChI=1S/C14H16O2/c1-3-10-14(12-15,16-11-4-2)13-8-6-5-7-9-13/h3-9,12H,1-2,10-11H2/t14-/m1/s1. The molecule has 84 valence electrons. The lowest BCUT2D eigenvalue weighted by Gasteiger charge is -2.27. The summed E-state index contributed by atoms with van der Waals surface area (Å²) in [4.78, 5) is 11.3. The SMILES string of the molecule is C=CCO[C@@](C=O)(CC=C)c1ccccc1. The molecule has 0 unspecified atom stereocenters. The van der Waals surface area contributed by atoms with Crippen LogP contribution in [-0.4, -0.2) is 12.9 Å². The molecule has 0 aliphatic carbocycles. The van der Waals surface area contributed by atoms with Gasteiger partial charge in [-0.25, -0.2) is 0 Å². The van der Waals surface area contributed by atoms with Gasteiger partial charge in [-0.3, -0.25) is 4.79 Å². The number of benzene rings is 1. The van der Waals surface area contributed by atoms with Gasteiger partial charge >= 0.3 is 0 Å². The third-order valence-corrected chi connectivity index (χ3v) is 2.36. The van der Waals surface area contributed by atoms with E-state index in [0.29, 0.717) is 13.0 Å². The van der Waals surface area contributed by atoms with Gasteiger partial charge in [0.2, 0.25) is 0 Å². The maximum Gasteiger partial charge on any atom is 0.156 e. The van der Waals surface area contributed by atoms with Crippen LogP contribution in [0.5, 0.6) is 0 Å². The van der Waals surface area contributed by atoms with Gasteiger partial charge < -0.3 is 4.74 Å². The smallest absolute Gasteiger partial charge is 0.156 e. The minimum Gasteiger partial charge on any atom is -0.358 e. The van der Waals surface area contributed by atoms with Gasteiger partial charge in [-0.2, -0.15) is 0 Å². The molecule has 0 fully saturated rings. The van der Waals surface area contributed by atoms with E-state index < -0.39 is 5.60 Å². The summed E-state index contributed by atoms with van der Waals surface area (Å²) in [6.07, 6.45) is 4.59. The number of carbonyl (C=O) groups is 1. The summed E-state index contributed by atoms with van der Waals surface area (Å²) in [7, 11) is 0. The Morgan fingerprint density at radius 1 is 1.19 bits per heavy atom. The molecule has 0 amide bonds. The van der Waals surface area contributed by atoms with Crippen LogP contribution in [0.2, 0.25) is 0 Å². The Balaban J connectivity index is 3.05. The summed E-state index contributed by atoms with van der Waals surface area (Å²) >= 11 is 0. The number of carbonyl (C=O) groups excluding carboxylic acids is 1. The molecule has 0 bridgehead atoms. The fraction of sp³-hybridized carbons (Fsp3) is 0.214. The number of hydrogen-bond donors (Lipinski definition) is 0. The van der Waals surface area contributed by atoms with E-state index in [1.807, 2.05) is 30.3 Å². The predicted molar refractivity (Wildman–Crippen MR) is 65.1 cm³/mol. The minimum atomic E-state index is -0.933. The van der Waals surface area contributed by atoms with Crippen LogP contribution in [0.4, 0.5) is 0 Å². The van der Waals surface area contributed by atoms with E-state index in [-0.39, 0.29) is 0 Å². The quantitative estimate of drug-likeness (QED) is 0.517. The second kappa shape index (κ2) is 6.03. The molecule has 0 aliphatic heterocycles. The molecule has 1 rings (SSSR count). The molecule has 0 saturated heterocycles. The van der Waals surface area contributed by atoms with Crippen molar-refractivity contribution in [3.8, 4) is 0 Å². The highest BCUT2D eigenvalue weighted by Crippen LogP contribution is 2.27. The van der Waals surface area contributed by atoms with Gasteiger partial charge in [-0.15, -0.1) is 13.2 Å². The van der Waals surface area contributed by atoms with Crippen molar-refractivity contribution < 1.29 is 9.53 Å². The number of ether oxygens (including phenoxy) is 1. The third kappa shape index (κ3) is 2.67. The monoisotopic (exact) mass is 216 g/mol. The summed E-state index contributed by atoms with van der Waals surface area (Å²) in [6.45, 7) is 7.58. The molecule has 2 heteroatoms. The van der Waals surface area contributed by atoms with Crippen LogP contribution < -0.4 is 0 Å². The van der Waals surface area contributed by atoms with Gasteiger partial charge in [0, 0.05) is 6.42 Å². The fourth-order valence-corrected chi connectivity index (χ4v) is 1.55. The van der Waals surface area contributed by atoms with Crippen molar-refractivity contribution in [2.75, 3.05) is 6.61 Å². The number of hydrogen-bond acceptors (Lipinski definition) is 2. The lowest BCUT2D eigenvalue weighted by atomic mass is 9.91. The van der Waals surface area contributed by atoms with Crippen LogP contribution in [0.25, 0.3) is 0 Å². The maximum atomic E-state index is 11.3. The number of rotatable bonds is 7. The molecule has 0 radical (unpaired) electrons. The van der Waals surface area contributed by atoms with Crippen LogP contribution >= 0.6 is 0 Å². The zero-order valence-electron chi connectivity index (χ0n) is 9.26. The Hall–Kier alpha value is -1.67. The molecule has 16 heavy (non-hydrogen) atoms. The topological polar surface area (TPSA) is 26.3 Å². The van der Waals surface area contributed by atoms with Crippen LogP contribution in [0, 0.1) is 0 Å². The first-order chi connectivity index (χ1) is 7.79. The van der Waals surface area contributed by atoms with Crippen LogP contribution in [-0.2, 0) is 15.1 Å². The summed E-state index contributed by atoms with van der Waals surface area (Å²) < 4.78 is 5.60. The van der Waals surface area contributed by atoms with Gasteiger partial charge in [0.15, 0.2) is 11.9 Å². The lowest BCUT2D eigenvalue weighted by molar-refractivity contribution is -0.130. The van der Waals surface area contributed by atoms with Crippen molar-refractivity contribution in [3.63, 3.8) is 0 Å². The van der Waals surface area contributed by atoms with E-state index in [4.69, 9.17) is 4.74 Å². The molecule has 1 aromatic carbocycles. The van der Waals surface area contributed by atoms with E-state index >= 15 is 0 Å². The van der Waals surface area contributed by atoms with Gasteiger partial charge in [-0.05, 0) is 5.56 Å².